The molecule has 35 heavy (non-hydrogen) atoms. The minimum atomic E-state index is -0.521. The lowest BCUT2D eigenvalue weighted by Gasteiger charge is -2.47. The summed E-state index contributed by atoms with van der Waals surface area (Å²) in [7, 11) is 3.21. The number of H-pyrrole nitrogens is 1. The van der Waals surface area contributed by atoms with Crippen molar-refractivity contribution >= 4 is 22.7 Å². The fourth-order valence-corrected chi connectivity index (χ4v) is 5.61. The number of carbonyl (C=O) groups excluding carboxylic acids is 2. The summed E-state index contributed by atoms with van der Waals surface area (Å²) in [5.74, 6) is 1.24. The molecule has 1 aromatic heterocycles. The number of amides is 2. The number of fused-ring (bicyclic) bond motifs is 4. The van der Waals surface area contributed by atoms with Gasteiger partial charge in [-0.2, -0.15) is 0 Å². The van der Waals surface area contributed by atoms with Gasteiger partial charge in [-0.3, -0.25) is 9.59 Å². The zero-order valence-corrected chi connectivity index (χ0v) is 20.7. The Morgan fingerprint density at radius 1 is 1.00 bits per heavy atom. The summed E-state index contributed by atoms with van der Waals surface area (Å²) in [5, 5.41) is 1.10. The van der Waals surface area contributed by atoms with E-state index in [-0.39, 0.29) is 18.4 Å². The zero-order chi connectivity index (χ0) is 24.5. The molecule has 0 spiro atoms. The van der Waals surface area contributed by atoms with Crippen LogP contribution in [0.25, 0.3) is 10.9 Å². The number of rotatable bonds is 8. The molecular formula is C28H33N3O4. The molecule has 1 saturated heterocycles. The van der Waals surface area contributed by atoms with Gasteiger partial charge in [-0.05, 0) is 35.7 Å². The summed E-state index contributed by atoms with van der Waals surface area (Å²) in [5.41, 5.74) is 3.97. The van der Waals surface area contributed by atoms with Crippen LogP contribution in [0.5, 0.6) is 11.5 Å². The third-order valence-corrected chi connectivity index (χ3v) is 7.35. The second-order valence-corrected chi connectivity index (χ2v) is 9.42. The standard InChI is InChI=1S/C28H33N3O4/c1-4-5-6-9-14-30-17-25(32)31-22(28(30)33)16-20-19-10-7-8-11-21(19)29-26(20)27(31)18-12-13-23(34-2)24(15-18)35-3/h7-8,10-13,15,22,27,29H,4-6,9,14,16-17H2,1-3H3. The maximum atomic E-state index is 13.7. The second-order valence-electron chi connectivity index (χ2n) is 9.42. The highest BCUT2D eigenvalue weighted by molar-refractivity contribution is 5.97. The van der Waals surface area contributed by atoms with Crippen molar-refractivity contribution in [2.24, 2.45) is 0 Å². The van der Waals surface area contributed by atoms with E-state index in [4.69, 9.17) is 9.47 Å². The van der Waals surface area contributed by atoms with Crippen molar-refractivity contribution in [3.8, 4) is 11.5 Å². The molecule has 7 nitrogen and oxygen atoms in total. The summed E-state index contributed by atoms with van der Waals surface area (Å²) < 4.78 is 11.0. The quantitative estimate of drug-likeness (QED) is 0.489. The van der Waals surface area contributed by atoms with E-state index >= 15 is 0 Å². The van der Waals surface area contributed by atoms with Crippen LogP contribution in [0.1, 0.15) is 55.5 Å². The van der Waals surface area contributed by atoms with Crippen molar-refractivity contribution in [1.82, 2.24) is 14.8 Å². The van der Waals surface area contributed by atoms with E-state index in [0.29, 0.717) is 24.5 Å². The molecule has 1 fully saturated rings. The number of aromatic nitrogens is 1. The van der Waals surface area contributed by atoms with Gasteiger partial charge in [0.15, 0.2) is 11.5 Å². The van der Waals surface area contributed by atoms with Gasteiger partial charge < -0.3 is 24.3 Å². The summed E-state index contributed by atoms with van der Waals surface area (Å²) in [4.78, 5) is 34.5. The minimum absolute atomic E-state index is 0.0193. The fraction of sp³-hybridized carbons (Fsp3) is 0.429. The largest absolute Gasteiger partial charge is 0.493 e. The first kappa shape index (κ1) is 23.3. The first-order chi connectivity index (χ1) is 17.1. The second kappa shape index (κ2) is 9.64. The average molecular weight is 476 g/mol. The lowest BCUT2D eigenvalue weighted by molar-refractivity contribution is -0.158. The molecule has 2 amide bonds. The molecule has 1 N–H and O–H groups in total. The molecule has 7 heteroatoms. The molecule has 2 aromatic carbocycles. The van der Waals surface area contributed by atoms with Crippen LogP contribution in [0.4, 0.5) is 0 Å². The molecule has 2 unspecified atom stereocenters. The molecule has 0 aliphatic carbocycles. The van der Waals surface area contributed by atoms with Gasteiger partial charge in [-0.1, -0.05) is 50.5 Å². The zero-order valence-electron chi connectivity index (χ0n) is 20.7. The van der Waals surface area contributed by atoms with Crippen LogP contribution in [0.15, 0.2) is 42.5 Å². The molecule has 5 rings (SSSR count). The highest BCUT2D eigenvalue weighted by Gasteiger charge is 2.48. The maximum absolute atomic E-state index is 13.7. The molecular weight excluding hydrogens is 442 g/mol. The number of benzene rings is 2. The number of para-hydroxylation sites is 1. The molecule has 0 saturated carbocycles. The molecule has 3 aromatic rings. The van der Waals surface area contributed by atoms with Crippen LogP contribution in [-0.2, 0) is 16.0 Å². The highest BCUT2D eigenvalue weighted by atomic mass is 16.5. The summed E-state index contributed by atoms with van der Waals surface area (Å²) >= 11 is 0. The van der Waals surface area contributed by atoms with Crippen molar-refractivity contribution in [3.05, 3.63) is 59.3 Å². The number of unbranched alkanes of at least 4 members (excludes halogenated alkanes) is 3. The third kappa shape index (κ3) is 4.03. The summed E-state index contributed by atoms with van der Waals surface area (Å²) in [6, 6.07) is 12.9. The molecule has 184 valence electrons. The van der Waals surface area contributed by atoms with E-state index in [1.807, 2.05) is 36.4 Å². The van der Waals surface area contributed by atoms with Crippen LogP contribution in [-0.4, -0.2) is 59.9 Å². The van der Waals surface area contributed by atoms with E-state index in [0.717, 1.165) is 53.4 Å². The fourth-order valence-electron chi connectivity index (χ4n) is 5.61. The number of hydrogen-bond donors (Lipinski definition) is 1. The third-order valence-electron chi connectivity index (χ3n) is 7.35. The number of carbonyl (C=O) groups is 2. The van der Waals surface area contributed by atoms with Crippen LogP contribution in [0, 0.1) is 0 Å². The Morgan fingerprint density at radius 2 is 1.80 bits per heavy atom. The Labute approximate surface area is 206 Å². The number of methoxy groups -OCH3 is 2. The molecule has 0 radical (unpaired) electrons. The first-order valence-electron chi connectivity index (χ1n) is 12.5. The maximum Gasteiger partial charge on any atom is 0.246 e. The first-order valence-corrected chi connectivity index (χ1v) is 12.5. The van der Waals surface area contributed by atoms with Crippen molar-refractivity contribution in [2.45, 2.75) is 51.1 Å². The van der Waals surface area contributed by atoms with E-state index in [9.17, 15) is 9.59 Å². The monoisotopic (exact) mass is 475 g/mol. The number of aromatic amines is 1. The number of hydrogen-bond acceptors (Lipinski definition) is 4. The molecule has 3 heterocycles. The van der Waals surface area contributed by atoms with Gasteiger partial charge in [0.1, 0.15) is 6.04 Å². The van der Waals surface area contributed by atoms with Gasteiger partial charge in [0, 0.05) is 29.6 Å². The van der Waals surface area contributed by atoms with E-state index in [1.165, 1.54) is 0 Å². The Bertz CT molecular complexity index is 1250. The highest BCUT2D eigenvalue weighted by Crippen LogP contribution is 2.44. The topological polar surface area (TPSA) is 74.9 Å². The predicted octanol–water partition coefficient (Wildman–Crippen LogP) is 4.45. The Hall–Kier alpha value is -3.48. The SMILES string of the molecule is CCCCCCN1CC(=O)N2C(Cc3c([nH]c4ccccc34)C2c2ccc(OC)c(OC)c2)C1=O. The molecule has 2 atom stereocenters. The van der Waals surface area contributed by atoms with Gasteiger partial charge in [0.25, 0.3) is 0 Å². The van der Waals surface area contributed by atoms with E-state index < -0.39 is 12.1 Å². The van der Waals surface area contributed by atoms with Crippen molar-refractivity contribution in [3.63, 3.8) is 0 Å². The van der Waals surface area contributed by atoms with E-state index in [1.54, 1.807) is 24.0 Å². The smallest absolute Gasteiger partial charge is 0.246 e. The van der Waals surface area contributed by atoms with Gasteiger partial charge >= 0.3 is 0 Å². The van der Waals surface area contributed by atoms with Gasteiger partial charge in [0.2, 0.25) is 11.8 Å². The molecule has 2 aliphatic rings. The lowest BCUT2D eigenvalue weighted by atomic mass is 9.86. The molecule has 0 bridgehead atoms. The van der Waals surface area contributed by atoms with Crippen molar-refractivity contribution in [2.75, 3.05) is 27.3 Å². The minimum Gasteiger partial charge on any atom is -0.493 e. The normalized spacial score (nSPS) is 19.6. The van der Waals surface area contributed by atoms with Crippen LogP contribution < -0.4 is 9.47 Å². The van der Waals surface area contributed by atoms with E-state index in [2.05, 4.69) is 18.0 Å². The van der Waals surface area contributed by atoms with Crippen LogP contribution in [0.2, 0.25) is 0 Å². The van der Waals surface area contributed by atoms with Crippen LogP contribution in [0.3, 0.4) is 0 Å². The van der Waals surface area contributed by atoms with Crippen LogP contribution >= 0.6 is 0 Å². The van der Waals surface area contributed by atoms with Crippen molar-refractivity contribution in [1.29, 1.82) is 0 Å². The van der Waals surface area contributed by atoms with Gasteiger partial charge in [-0.25, -0.2) is 0 Å². The van der Waals surface area contributed by atoms with Gasteiger partial charge in [-0.15, -0.1) is 0 Å². The predicted molar refractivity (Wildman–Crippen MR) is 135 cm³/mol. The Balaban J connectivity index is 1.59. The Kier molecular flexibility index (Phi) is 6.41. The number of nitrogens with one attached hydrogen (secondary N) is 1. The number of ether oxygens (including phenoxy) is 2. The summed E-state index contributed by atoms with van der Waals surface area (Å²) in [6.07, 6.45) is 4.80. The van der Waals surface area contributed by atoms with Crippen molar-refractivity contribution < 1.29 is 19.1 Å². The lowest BCUT2D eigenvalue weighted by Crippen LogP contribution is -2.63. The number of nitrogens with zero attached hydrogens (tertiary/aromatic N) is 2. The average Bonchev–Trinajstić information content (AvgIpc) is 3.26. The summed E-state index contributed by atoms with van der Waals surface area (Å²) in [6.45, 7) is 2.93. The molecule has 2 aliphatic heterocycles. The Morgan fingerprint density at radius 3 is 2.57 bits per heavy atom. The van der Waals surface area contributed by atoms with Gasteiger partial charge in [0.05, 0.1) is 26.8 Å². The number of piperazine rings is 1.